The minimum Gasteiger partial charge on any atom is -0.316 e. The molecule has 1 aromatic carbocycles. The Kier molecular flexibility index (Phi) is 5.45. The normalized spacial score (nSPS) is 24.8. The summed E-state index contributed by atoms with van der Waals surface area (Å²) in [5, 5.41) is 3.73. The van der Waals surface area contributed by atoms with Crippen molar-refractivity contribution in [1.82, 2.24) is 5.32 Å². The smallest absolute Gasteiger partial charge is 0.00227 e. The second-order valence-corrected chi connectivity index (χ2v) is 6.70. The van der Waals surface area contributed by atoms with E-state index in [0.717, 1.165) is 18.4 Å². The average Bonchev–Trinajstić information content (AvgIpc) is 2.81. The fourth-order valence-electron chi connectivity index (χ4n) is 3.39. The van der Waals surface area contributed by atoms with E-state index in [9.17, 15) is 0 Å². The van der Waals surface area contributed by atoms with E-state index >= 15 is 0 Å². The van der Waals surface area contributed by atoms with Crippen molar-refractivity contribution in [2.24, 2.45) is 17.8 Å². The summed E-state index contributed by atoms with van der Waals surface area (Å²) in [5.41, 5.74) is 1.48. The standard InChI is InChI=1S/C18H29N/c1-14(2)18(17-7-5-4-6-8-17)13-19-12-16-10-9-15(3)11-16/h4-8,14-16,18-19H,9-13H2,1-3H3. The Labute approximate surface area is 118 Å². The van der Waals surface area contributed by atoms with Gasteiger partial charge in [-0.2, -0.15) is 0 Å². The summed E-state index contributed by atoms with van der Waals surface area (Å²) < 4.78 is 0. The number of rotatable bonds is 6. The Morgan fingerprint density at radius 1 is 1.16 bits per heavy atom. The lowest BCUT2D eigenvalue weighted by molar-refractivity contribution is 0.418. The van der Waals surface area contributed by atoms with E-state index in [1.807, 2.05) is 0 Å². The molecule has 0 aliphatic heterocycles. The Morgan fingerprint density at radius 2 is 1.89 bits per heavy atom. The van der Waals surface area contributed by atoms with Crippen molar-refractivity contribution in [3.05, 3.63) is 35.9 Å². The van der Waals surface area contributed by atoms with Crippen molar-refractivity contribution in [3.8, 4) is 0 Å². The number of nitrogens with one attached hydrogen (secondary N) is 1. The van der Waals surface area contributed by atoms with Gasteiger partial charge >= 0.3 is 0 Å². The topological polar surface area (TPSA) is 12.0 Å². The van der Waals surface area contributed by atoms with Crippen LogP contribution in [0.4, 0.5) is 0 Å². The van der Waals surface area contributed by atoms with Crippen LogP contribution in [0.3, 0.4) is 0 Å². The Bertz CT molecular complexity index is 357. The molecule has 1 aliphatic rings. The fourth-order valence-corrected chi connectivity index (χ4v) is 3.39. The van der Waals surface area contributed by atoms with Crippen molar-refractivity contribution in [1.29, 1.82) is 0 Å². The van der Waals surface area contributed by atoms with Crippen LogP contribution in [0.15, 0.2) is 30.3 Å². The van der Waals surface area contributed by atoms with Gasteiger partial charge in [0, 0.05) is 6.54 Å². The molecule has 0 amide bonds. The molecule has 1 nitrogen and oxygen atoms in total. The Balaban J connectivity index is 1.81. The molecule has 1 N–H and O–H groups in total. The van der Waals surface area contributed by atoms with Gasteiger partial charge in [0.25, 0.3) is 0 Å². The van der Waals surface area contributed by atoms with E-state index in [4.69, 9.17) is 0 Å². The molecule has 1 heteroatoms. The van der Waals surface area contributed by atoms with Gasteiger partial charge in [0.2, 0.25) is 0 Å². The predicted molar refractivity (Wildman–Crippen MR) is 83.4 cm³/mol. The van der Waals surface area contributed by atoms with Gasteiger partial charge in [0.05, 0.1) is 0 Å². The summed E-state index contributed by atoms with van der Waals surface area (Å²) >= 11 is 0. The van der Waals surface area contributed by atoms with Crippen LogP contribution in [0.1, 0.15) is 51.5 Å². The fraction of sp³-hybridized carbons (Fsp3) is 0.667. The second kappa shape index (κ2) is 7.09. The summed E-state index contributed by atoms with van der Waals surface area (Å²) in [6.45, 7) is 9.38. The van der Waals surface area contributed by atoms with Gasteiger partial charge in [-0.05, 0) is 48.6 Å². The zero-order valence-corrected chi connectivity index (χ0v) is 12.7. The molecule has 3 unspecified atom stereocenters. The number of benzene rings is 1. The van der Waals surface area contributed by atoms with E-state index in [0.29, 0.717) is 11.8 Å². The molecule has 0 radical (unpaired) electrons. The molecule has 0 saturated heterocycles. The molecular formula is C18H29N. The van der Waals surface area contributed by atoms with Crippen molar-refractivity contribution < 1.29 is 0 Å². The van der Waals surface area contributed by atoms with Crippen LogP contribution >= 0.6 is 0 Å². The molecule has 3 atom stereocenters. The lowest BCUT2D eigenvalue weighted by atomic mass is 9.88. The molecule has 106 valence electrons. The summed E-state index contributed by atoms with van der Waals surface area (Å²) in [4.78, 5) is 0. The van der Waals surface area contributed by atoms with Crippen molar-refractivity contribution in [2.45, 2.75) is 46.0 Å². The molecule has 1 fully saturated rings. The van der Waals surface area contributed by atoms with Gasteiger partial charge < -0.3 is 5.32 Å². The Morgan fingerprint density at radius 3 is 2.47 bits per heavy atom. The number of hydrogen-bond donors (Lipinski definition) is 1. The van der Waals surface area contributed by atoms with E-state index in [2.05, 4.69) is 56.4 Å². The van der Waals surface area contributed by atoms with E-state index in [-0.39, 0.29) is 0 Å². The molecule has 19 heavy (non-hydrogen) atoms. The summed E-state index contributed by atoms with van der Waals surface area (Å²) in [6, 6.07) is 11.0. The molecular weight excluding hydrogens is 230 g/mol. The largest absolute Gasteiger partial charge is 0.316 e. The highest BCUT2D eigenvalue weighted by Crippen LogP contribution is 2.30. The first-order chi connectivity index (χ1) is 9.16. The molecule has 1 aliphatic carbocycles. The molecule has 1 aromatic rings. The van der Waals surface area contributed by atoms with Gasteiger partial charge in [-0.3, -0.25) is 0 Å². The third kappa shape index (κ3) is 4.35. The van der Waals surface area contributed by atoms with Crippen LogP contribution < -0.4 is 5.32 Å². The zero-order chi connectivity index (χ0) is 13.7. The van der Waals surface area contributed by atoms with Crippen LogP contribution in [-0.2, 0) is 0 Å². The first-order valence-electron chi connectivity index (χ1n) is 7.92. The summed E-state index contributed by atoms with van der Waals surface area (Å²) in [7, 11) is 0. The minimum atomic E-state index is 0.639. The highest BCUT2D eigenvalue weighted by molar-refractivity contribution is 5.20. The van der Waals surface area contributed by atoms with E-state index in [1.54, 1.807) is 0 Å². The maximum Gasteiger partial charge on any atom is 0.00227 e. The summed E-state index contributed by atoms with van der Waals surface area (Å²) in [6.07, 6.45) is 4.27. The zero-order valence-electron chi connectivity index (χ0n) is 12.7. The highest BCUT2D eigenvalue weighted by Gasteiger charge is 2.21. The first-order valence-corrected chi connectivity index (χ1v) is 7.92. The van der Waals surface area contributed by atoms with Crippen molar-refractivity contribution in [2.75, 3.05) is 13.1 Å². The van der Waals surface area contributed by atoms with E-state index in [1.165, 1.54) is 31.4 Å². The third-order valence-corrected chi connectivity index (χ3v) is 4.63. The predicted octanol–water partition coefficient (Wildman–Crippen LogP) is 4.45. The maximum atomic E-state index is 3.73. The van der Waals surface area contributed by atoms with Crippen LogP contribution in [0.25, 0.3) is 0 Å². The van der Waals surface area contributed by atoms with Crippen LogP contribution in [0.2, 0.25) is 0 Å². The first kappa shape index (κ1) is 14.6. The highest BCUT2D eigenvalue weighted by atomic mass is 14.9. The van der Waals surface area contributed by atoms with Crippen LogP contribution in [0, 0.1) is 17.8 Å². The third-order valence-electron chi connectivity index (χ3n) is 4.63. The van der Waals surface area contributed by atoms with Gasteiger partial charge in [-0.15, -0.1) is 0 Å². The Hall–Kier alpha value is -0.820. The molecule has 1 saturated carbocycles. The van der Waals surface area contributed by atoms with Crippen LogP contribution in [-0.4, -0.2) is 13.1 Å². The second-order valence-electron chi connectivity index (χ2n) is 6.70. The van der Waals surface area contributed by atoms with Crippen molar-refractivity contribution >= 4 is 0 Å². The monoisotopic (exact) mass is 259 g/mol. The van der Waals surface area contributed by atoms with E-state index < -0.39 is 0 Å². The molecule has 0 bridgehead atoms. The quantitative estimate of drug-likeness (QED) is 0.795. The van der Waals surface area contributed by atoms with Gasteiger partial charge in [-0.1, -0.05) is 57.5 Å². The molecule has 0 heterocycles. The number of hydrogen-bond acceptors (Lipinski definition) is 1. The lowest BCUT2D eigenvalue weighted by Gasteiger charge is -2.23. The average molecular weight is 259 g/mol. The SMILES string of the molecule is CC1CCC(CNCC(c2ccccc2)C(C)C)C1. The van der Waals surface area contributed by atoms with Crippen LogP contribution in [0.5, 0.6) is 0 Å². The van der Waals surface area contributed by atoms with Crippen molar-refractivity contribution in [3.63, 3.8) is 0 Å². The van der Waals surface area contributed by atoms with Gasteiger partial charge in [0.1, 0.15) is 0 Å². The van der Waals surface area contributed by atoms with Gasteiger partial charge in [0.15, 0.2) is 0 Å². The molecule has 0 aromatic heterocycles. The molecule has 2 rings (SSSR count). The minimum absolute atomic E-state index is 0.639. The molecule has 0 spiro atoms. The lowest BCUT2D eigenvalue weighted by Crippen LogP contribution is -2.28. The summed E-state index contributed by atoms with van der Waals surface area (Å²) in [5.74, 6) is 3.19. The van der Waals surface area contributed by atoms with Gasteiger partial charge in [-0.25, -0.2) is 0 Å². The maximum absolute atomic E-state index is 3.73.